The molecule has 8 nitrogen and oxygen atoms in total. The third-order valence-corrected chi connectivity index (χ3v) is 4.35. The molecule has 1 saturated heterocycles. The summed E-state index contributed by atoms with van der Waals surface area (Å²) in [5.41, 5.74) is 0.485. The van der Waals surface area contributed by atoms with Gasteiger partial charge >= 0.3 is 11.9 Å². The largest absolute Gasteiger partial charge is 0.479 e. The Morgan fingerprint density at radius 3 is 2.41 bits per heavy atom. The molecular weight excluding hydrogens is 352 g/mol. The highest BCUT2D eigenvalue weighted by Gasteiger charge is 2.28. The molecule has 0 unspecified atom stereocenters. The summed E-state index contributed by atoms with van der Waals surface area (Å²) in [5.74, 6) is -0.992. The summed E-state index contributed by atoms with van der Waals surface area (Å²) in [4.78, 5) is 37.2. The summed E-state index contributed by atoms with van der Waals surface area (Å²) in [7, 11) is 1.35. The molecule has 1 aromatic rings. The average molecular weight is 374 g/mol. The Balaban J connectivity index is 1.75. The van der Waals surface area contributed by atoms with Crippen molar-refractivity contribution in [2.75, 3.05) is 26.8 Å². The fourth-order valence-electron chi connectivity index (χ4n) is 2.73. The number of carbonyl (C=O) groups excluding carboxylic acids is 3. The van der Waals surface area contributed by atoms with Crippen molar-refractivity contribution < 1.29 is 28.6 Å². The first-order valence-corrected chi connectivity index (χ1v) is 8.63. The molecule has 1 aliphatic rings. The molecule has 1 amide bonds. The SMILES string of the molecule is COC(=O)C1CCN(C(=O)COC(=O)[C@@H](C)Oc2ccc(C#N)cc2)CC1. The number of rotatable bonds is 6. The van der Waals surface area contributed by atoms with Crippen LogP contribution in [0.1, 0.15) is 25.3 Å². The van der Waals surface area contributed by atoms with Crippen LogP contribution in [-0.4, -0.2) is 55.7 Å². The third kappa shape index (κ3) is 5.71. The van der Waals surface area contributed by atoms with E-state index in [0.717, 1.165) is 0 Å². The molecule has 0 bridgehead atoms. The Hall–Kier alpha value is -3.08. The molecule has 2 rings (SSSR count). The van der Waals surface area contributed by atoms with Crippen molar-refractivity contribution in [2.45, 2.75) is 25.9 Å². The number of methoxy groups -OCH3 is 1. The summed E-state index contributed by atoms with van der Waals surface area (Å²) in [5, 5.41) is 8.76. The van der Waals surface area contributed by atoms with Crippen LogP contribution >= 0.6 is 0 Å². The lowest BCUT2D eigenvalue weighted by Gasteiger charge is -2.30. The number of hydrogen-bond donors (Lipinski definition) is 0. The van der Waals surface area contributed by atoms with Crippen LogP contribution < -0.4 is 4.74 Å². The van der Waals surface area contributed by atoms with E-state index in [1.54, 1.807) is 29.2 Å². The van der Waals surface area contributed by atoms with Gasteiger partial charge < -0.3 is 19.1 Å². The zero-order valence-corrected chi connectivity index (χ0v) is 15.3. The van der Waals surface area contributed by atoms with Gasteiger partial charge in [0.2, 0.25) is 0 Å². The first kappa shape index (κ1) is 20.2. The standard InChI is InChI=1S/C19H22N2O6/c1-13(27-16-5-3-14(11-20)4-6-16)18(23)26-12-17(22)21-9-7-15(8-10-21)19(24)25-2/h3-6,13,15H,7-10,12H2,1-2H3/t13-/m1/s1. The van der Waals surface area contributed by atoms with Crippen LogP contribution in [0.2, 0.25) is 0 Å². The van der Waals surface area contributed by atoms with Gasteiger partial charge in [-0.2, -0.15) is 5.26 Å². The van der Waals surface area contributed by atoms with E-state index in [1.807, 2.05) is 6.07 Å². The number of ether oxygens (including phenoxy) is 3. The van der Waals surface area contributed by atoms with E-state index in [9.17, 15) is 14.4 Å². The highest BCUT2D eigenvalue weighted by molar-refractivity contribution is 5.82. The molecular formula is C19H22N2O6. The molecule has 8 heteroatoms. The molecule has 0 saturated carbocycles. The van der Waals surface area contributed by atoms with Crippen LogP contribution in [0.25, 0.3) is 0 Å². The topological polar surface area (TPSA) is 106 Å². The number of nitriles is 1. The molecule has 0 radical (unpaired) electrons. The number of benzene rings is 1. The minimum atomic E-state index is -0.893. The van der Waals surface area contributed by atoms with Gasteiger partial charge in [-0.3, -0.25) is 9.59 Å². The number of hydrogen-bond acceptors (Lipinski definition) is 7. The van der Waals surface area contributed by atoms with Crippen LogP contribution in [0.4, 0.5) is 0 Å². The maximum atomic E-state index is 12.2. The molecule has 1 aromatic carbocycles. The van der Waals surface area contributed by atoms with Gasteiger partial charge in [-0.05, 0) is 44.0 Å². The van der Waals surface area contributed by atoms with E-state index in [4.69, 9.17) is 19.5 Å². The first-order chi connectivity index (χ1) is 12.9. The van der Waals surface area contributed by atoms with Gasteiger partial charge in [-0.25, -0.2) is 4.79 Å². The Morgan fingerprint density at radius 1 is 1.22 bits per heavy atom. The molecule has 0 spiro atoms. The predicted octanol–water partition coefficient (Wildman–Crippen LogP) is 1.28. The quantitative estimate of drug-likeness (QED) is 0.691. The predicted molar refractivity (Wildman–Crippen MR) is 93.5 cm³/mol. The average Bonchev–Trinajstić information content (AvgIpc) is 2.71. The summed E-state index contributed by atoms with van der Waals surface area (Å²) < 4.78 is 15.2. The Morgan fingerprint density at radius 2 is 1.85 bits per heavy atom. The van der Waals surface area contributed by atoms with Crippen LogP contribution in [0, 0.1) is 17.2 Å². The Labute approximate surface area is 157 Å². The fraction of sp³-hybridized carbons (Fsp3) is 0.474. The zero-order valence-electron chi connectivity index (χ0n) is 15.3. The van der Waals surface area contributed by atoms with E-state index in [2.05, 4.69) is 0 Å². The van der Waals surface area contributed by atoms with E-state index in [-0.39, 0.29) is 24.4 Å². The van der Waals surface area contributed by atoms with Crippen molar-refractivity contribution in [1.82, 2.24) is 4.90 Å². The summed E-state index contributed by atoms with van der Waals surface area (Å²) >= 11 is 0. The number of carbonyl (C=O) groups is 3. The van der Waals surface area contributed by atoms with Crippen molar-refractivity contribution in [3.05, 3.63) is 29.8 Å². The summed E-state index contributed by atoms with van der Waals surface area (Å²) in [6.07, 6.45) is 0.172. The normalized spacial score (nSPS) is 15.4. The lowest BCUT2D eigenvalue weighted by molar-refractivity contribution is -0.158. The second-order valence-electron chi connectivity index (χ2n) is 6.18. The highest BCUT2D eigenvalue weighted by Crippen LogP contribution is 2.18. The molecule has 1 atom stereocenters. The fourth-order valence-corrected chi connectivity index (χ4v) is 2.73. The molecule has 144 valence electrons. The lowest BCUT2D eigenvalue weighted by Crippen LogP contribution is -2.43. The molecule has 1 heterocycles. The van der Waals surface area contributed by atoms with Crippen molar-refractivity contribution in [3.63, 3.8) is 0 Å². The van der Waals surface area contributed by atoms with Gasteiger partial charge in [0.15, 0.2) is 12.7 Å². The number of piperidine rings is 1. The van der Waals surface area contributed by atoms with Crippen molar-refractivity contribution >= 4 is 17.8 Å². The van der Waals surface area contributed by atoms with Crippen LogP contribution in [0.3, 0.4) is 0 Å². The van der Waals surface area contributed by atoms with Gasteiger partial charge in [0.1, 0.15) is 5.75 Å². The minimum absolute atomic E-state index is 0.192. The van der Waals surface area contributed by atoms with Crippen molar-refractivity contribution in [3.8, 4) is 11.8 Å². The van der Waals surface area contributed by atoms with Crippen LogP contribution in [0.15, 0.2) is 24.3 Å². The molecule has 1 aliphatic heterocycles. The Kier molecular flexibility index (Phi) is 7.17. The molecule has 1 fully saturated rings. The zero-order chi connectivity index (χ0) is 19.8. The smallest absolute Gasteiger partial charge is 0.347 e. The van der Waals surface area contributed by atoms with Crippen LogP contribution in [-0.2, 0) is 23.9 Å². The second-order valence-corrected chi connectivity index (χ2v) is 6.18. The molecule has 0 aromatic heterocycles. The third-order valence-electron chi connectivity index (χ3n) is 4.35. The van der Waals surface area contributed by atoms with E-state index in [1.165, 1.54) is 14.0 Å². The molecule has 27 heavy (non-hydrogen) atoms. The van der Waals surface area contributed by atoms with Gasteiger partial charge in [0.25, 0.3) is 5.91 Å². The number of amides is 1. The molecule has 0 aliphatic carbocycles. The summed E-state index contributed by atoms with van der Waals surface area (Å²) in [6.45, 7) is 2.00. The van der Waals surface area contributed by atoms with Gasteiger partial charge in [0, 0.05) is 13.1 Å². The number of nitrogens with zero attached hydrogens (tertiary/aromatic N) is 2. The van der Waals surface area contributed by atoms with Crippen LogP contribution in [0.5, 0.6) is 5.75 Å². The minimum Gasteiger partial charge on any atom is -0.479 e. The van der Waals surface area contributed by atoms with Crippen molar-refractivity contribution in [2.24, 2.45) is 5.92 Å². The van der Waals surface area contributed by atoms with E-state index >= 15 is 0 Å². The van der Waals surface area contributed by atoms with Gasteiger partial charge in [0.05, 0.1) is 24.7 Å². The number of likely N-dealkylation sites (tertiary alicyclic amines) is 1. The van der Waals surface area contributed by atoms with Gasteiger partial charge in [-0.1, -0.05) is 0 Å². The number of esters is 2. The van der Waals surface area contributed by atoms with E-state index < -0.39 is 12.1 Å². The van der Waals surface area contributed by atoms with E-state index in [0.29, 0.717) is 37.2 Å². The Bertz CT molecular complexity index is 717. The maximum Gasteiger partial charge on any atom is 0.347 e. The van der Waals surface area contributed by atoms with Gasteiger partial charge in [-0.15, -0.1) is 0 Å². The monoisotopic (exact) mass is 374 g/mol. The summed E-state index contributed by atoms with van der Waals surface area (Å²) in [6, 6.07) is 8.31. The first-order valence-electron chi connectivity index (χ1n) is 8.63. The maximum absolute atomic E-state index is 12.2. The van der Waals surface area contributed by atoms with Crippen molar-refractivity contribution in [1.29, 1.82) is 5.26 Å². The highest BCUT2D eigenvalue weighted by atomic mass is 16.6. The second kappa shape index (κ2) is 9.57. The molecule has 0 N–H and O–H groups in total. The lowest BCUT2D eigenvalue weighted by atomic mass is 9.97.